The van der Waals surface area contributed by atoms with Crippen molar-refractivity contribution in [3.8, 4) is 11.3 Å². The fourth-order valence-electron chi connectivity index (χ4n) is 3.29. The Morgan fingerprint density at radius 1 is 0.967 bits per heavy atom. The summed E-state index contributed by atoms with van der Waals surface area (Å²) in [7, 11) is 0. The Bertz CT molecular complexity index is 1100. The van der Waals surface area contributed by atoms with Crippen LogP contribution in [0.4, 0.5) is 4.39 Å². The molecule has 0 unspecified atom stereocenters. The molecule has 1 fully saturated rings. The number of rotatable bonds is 5. The summed E-state index contributed by atoms with van der Waals surface area (Å²) < 4.78 is 13.3. The van der Waals surface area contributed by atoms with E-state index in [2.05, 4.69) is 21.2 Å². The molecule has 7 nitrogen and oxygen atoms in total. The number of amides is 3. The SMILES string of the molecule is O=C(CCc1c(-c2ccc(F)cc2)[nH]c2ccccc12)NNC(=O)C(=O)NC1CC1. The number of H-pyrrole nitrogens is 1. The first-order valence-electron chi connectivity index (χ1n) is 9.76. The zero-order chi connectivity index (χ0) is 21.1. The summed E-state index contributed by atoms with van der Waals surface area (Å²) in [5.41, 5.74) is 7.88. The highest BCUT2D eigenvalue weighted by atomic mass is 19.1. The molecule has 2 aromatic carbocycles. The molecule has 0 bridgehead atoms. The minimum absolute atomic E-state index is 0.0608. The summed E-state index contributed by atoms with van der Waals surface area (Å²) >= 11 is 0. The maximum absolute atomic E-state index is 13.3. The number of fused-ring (bicyclic) bond motifs is 1. The number of nitrogens with one attached hydrogen (secondary N) is 4. The number of aryl methyl sites for hydroxylation is 1. The second-order valence-electron chi connectivity index (χ2n) is 7.28. The van der Waals surface area contributed by atoms with Crippen molar-refractivity contribution < 1.29 is 18.8 Å². The summed E-state index contributed by atoms with van der Waals surface area (Å²) in [5, 5.41) is 3.52. The van der Waals surface area contributed by atoms with Crippen molar-refractivity contribution in [2.75, 3.05) is 0 Å². The number of para-hydroxylation sites is 1. The van der Waals surface area contributed by atoms with E-state index in [0.29, 0.717) is 6.42 Å². The minimum atomic E-state index is -0.894. The molecule has 4 rings (SSSR count). The molecule has 0 aliphatic heterocycles. The Hall–Kier alpha value is -3.68. The summed E-state index contributed by atoms with van der Waals surface area (Å²) in [6.45, 7) is 0. The van der Waals surface area contributed by atoms with Crippen LogP contribution in [0.3, 0.4) is 0 Å². The third kappa shape index (κ3) is 4.48. The molecule has 4 N–H and O–H groups in total. The summed E-state index contributed by atoms with van der Waals surface area (Å²) in [6.07, 6.45) is 2.23. The Balaban J connectivity index is 1.43. The van der Waals surface area contributed by atoms with Gasteiger partial charge in [0.2, 0.25) is 5.91 Å². The van der Waals surface area contributed by atoms with E-state index in [1.54, 1.807) is 12.1 Å². The van der Waals surface area contributed by atoms with Crippen LogP contribution in [-0.4, -0.2) is 28.7 Å². The van der Waals surface area contributed by atoms with Gasteiger partial charge in [-0.2, -0.15) is 0 Å². The molecule has 1 aromatic heterocycles. The van der Waals surface area contributed by atoms with Gasteiger partial charge >= 0.3 is 11.8 Å². The molecule has 30 heavy (non-hydrogen) atoms. The Morgan fingerprint density at radius 2 is 1.70 bits per heavy atom. The smallest absolute Gasteiger partial charge is 0.327 e. The van der Waals surface area contributed by atoms with E-state index < -0.39 is 17.7 Å². The van der Waals surface area contributed by atoms with Crippen LogP contribution in [0.5, 0.6) is 0 Å². The van der Waals surface area contributed by atoms with Gasteiger partial charge in [-0.25, -0.2) is 4.39 Å². The molecule has 1 aliphatic carbocycles. The maximum Gasteiger partial charge on any atom is 0.327 e. The number of aromatic amines is 1. The van der Waals surface area contributed by atoms with Crippen molar-refractivity contribution in [2.24, 2.45) is 0 Å². The highest BCUT2D eigenvalue weighted by molar-refractivity contribution is 6.35. The number of carbonyl (C=O) groups excluding carboxylic acids is 3. The van der Waals surface area contributed by atoms with Crippen molar-refractivity contribution in [3.05, 3.63) is 59.9 Å². The molecular weight excluding hydrogens is 387 g/mol. The number of aromatic nitrogens is 1. The van der Waals surface area contributed by atoms with Crippen molar-refractivity contribution in [1.82, 2.24) is 21.2 Å². The summed E-state index contributed by atoms with van der Waals surface area (Å²) in [4.78, 5) is 38.9. The first-order valence-corrected chi connectivity index (χ1v) is 9.76. The highest BCUT2D eigenvalue weighted by Crippen LogP contribution is 2.31. The van der Waals surface area contributed by atoms with Gasteiger partial charge in [-0.15, -0.1) is 0 Å². The zero-order valence-electron chi connectivity index (χ0n) is 16.1. The van der Waals surface area contributed by atoms with E-state index in [9.17, 15) is 18.8 Å². The van der Waals surface area contributed by atoms with Crippen molar-refractivity contribution in [1.29, 1.82) is 0 Å². The van der Waals surface area contributed by atoms with Gasteiger partial charge in [0.1, 0.15) is 5.82 Å². The first kappa shape index (κ1) is 19.6. The van der Waals surface area contributed by atoms with Gasteiger partial charge in [-0.3, -0.25) is 25.2 Å². The molecule has 0 atom stereocenters. The standard InChI is InChI=1S/C22H21FN4O3/c23-14-7-5-13(6-8-14)20-17(16-3-1-2-4-18(16)25-20)11-12-19(28)26-27-22(30)21(29)24-15-9-10-15/h1-8,15,25H,9-12H2,(H,24,29)(H,26,28)(H,27,30). The number of hydrogen-bond donors (Lipinski definition) is 4. The molecule has 0 saturated heterocycles. The van der Waals surface area contributed by atoms with Crippen molar-refractivity contribution in [3.63, 3.8) is 0 Å². The number of hydrogen-bond acceptors (Lipinski definition) is 3. The lowest BCUT2D eigenvalue weighted by Gasteiger charge is -2.08. The van der Waals surface area contributed by atoms with Crippen LogP contribution in [0.25, 0.3) is 22.2 Å². The number of hydrazine groups is 1. The second kappa shape index (κ2) is 8.36. The van der Waals surface area contributed by atoms with Gasteiger partial charge in [0.25, 0.3) is 0 Å². The van der Waals surface area contributed by atoms with Gasteiger partial charge < -0.3 is 10.3 Å². The van der Waals surface area contributed by atoms with E-state index in [0.717, 1.165) is 40.6 Å². The van der Waals surface area contributed by atoms with Gasteiger partial charge in [0, 0.05) is 29.1 Å². The first-order chi connectivity index (χ1) is 14.5. The maximum atomic E-state index is 13.3. The Morgan fingerprint density at radius 3 is 2.43 bits per heavy atom. The fraction of sp³-hybridized carbons (Fsp3) is 0.227. The Kier molecular flexibility index (Phi) is 5.47. The average Bonchev–Trinajstić information content (AvgIpc) is 3.49. The van der Waals surface area contributed by atoms with Crippen molar-refractivity contribution >= 4 is 28.6 Å². The lowest BCUT2D eigenvalue weighted by atomic mass is 10.0. The molecule has 8 heteroatoms. The fourth-order valence-corrected chi connectivity index (χ4v) is 3.29. The monoisotopic (exact) mass is 408 g/mol. The number of benzene rings is 2. The predicted octanol–water partition coefficient (Wildman–Crippen LogP) is 2.33. The van der Waals surface area contributed by atoms with Gasteiger partial charge in [0.05, 0.1) is 0 Å². The Labute approximate surface area is 172 Å². The third-order valence-electron chi connectivity index (χ3n) is 4.98. The van der Waals surface area contributed by atoms with E-state index in [1.165, 1.54) is 12.1 Å². The molecule has 3 amide bonds. The van der Waals surface area contributed by atoms with Crippen LogP contribution in [0.15, 0.2) is 48.5 Å². The summed E-state index contributed by atoms with van der Waals surface area (Å²) in [5.74, 6) is -2.39. The van der Waals surface area contributed by atoms with Crippen molar-refractivity contribution in [2.45, 2.75) is 31.7 Å². The number of carbonyl (C=O) groups is 3. The van der Waals surface area contributed by atoms with E-state index in [1.807, 2.05) is 24.3 Å². The van der Waals surface area contributed by atoms with E-state index in [4.69, 9.17) is 0 Å². The average molecular weight is 408 g/mol. The van der Waals surface area contributed by atoms with Crippen LogP contribution >= 0.6 is 0 Å². The summed E-state index contributed by atoms with van der Waals surface area (Å²) in [6, 6.07) is 13.9. The largest absolute Gasteiger partial charge is 0.354 e. The highest BCUT2D eigenvalue weighted by Gasteiger charge is 2.26. The molecular formula is C22H21FN4O3. The zero-order valence-corrected chi connectivity index (χ0v) is 16.1. The normalized spacial score (nSPS) is 13.1. The molecule has 154 valence electrons. The van der Waals surface area contributed by atoms with Crippen LogP contribution in [-0.2, 0) is 20.8 Å². The molecule has 1 heterocycles. The second-order valence-corrected chi connectivity index (χ2v) is 7.28. The predicted molar refractivity (Wildman–Crippen MR) is 109 cm³/mol. The van der Waals surface area contributed by atoms with Gasteiger partial charge in [0.15, 0.2) is 0 Å². The van der Waals surface area contributed by atoms with Crippen LogP contribution in [0, 0.1) is 5.82 Å². The molecule has 3 aromatic rings. The van der Waals surface area contributed by atoms with Gasteiger partial charge in [-0.05, 0) is 60.7 Å². The quantitative estimate of drug-likeness (QED) is 0.385. The van der Waals surface area contributed by atoms with Crippen LogP contribution in [0.2, 0.25) is 0 Å². The molecule has 0 spiro atoms. The topological polar surface area (TPSA) is 103 Å². The van der Waals surface area contributed by atoms with Crippen LogP contribution < -0.4 is 16.2 Å². The van der Waals surface area contributed by atoms with E-state index in [-0.39, 0.29) is 18.3 Å². The lowest BCUT2D eigenvalue weighted by molar-refractivity contribution is -0.141. The number of halogens is 1. The van der Waals surface area contributed by atoms with Gasteiger partial charge in [-0.1, -0.05) is 18.2 Å². The minimum Gasteiger partial charge on any atom is -0.354 e. The lowest BCUT2D eigenvalue weighted by Crippen LogP contribution is -2.49. The molecule has 0 radical (unpaired) electrons. The van der Waals surface area contributed by atoms with Crippen LogP contribution in [0.1, 0.15) is 24.8 Å². The molecule has 1 aliphatic rings. The molecule has 1 saturated carbocycles. The van der Waals surface area contributed by atoms with E-state index >= 15 is 0 Å². The third-order valence-corrected chi connectivity index (χ3v) is 4.98.